The van der Waals surface area contributed by atoms with Crippen LogP contribution in [-0.4, -0.2) is 63.7 Å². The van der Waals surface area contributed by atoms with E-state index in [4.69, 9.17) is 5.11 Å². The van der Waals surface area contributed by atoms with Crippen molar-refractivity contribution >= 4 is 29.4 Å². The molecular formula is C27H36N4O6. The van der Waals surface area contributed by atoms with Gasteiger partial charge in [0.2, 0.25) is 5.91 Å². The van der Waals surface area contributed by atoms with Crippen molar-refractivity contribution in [1.82, 2.24) is 15.5 Å². The van der Waals surface area contributed by atoms with E-state index < -0.39 is 18.0 Å². The van der Waals surface area contributed by atoms with E-state index >= 15 is 0 Å². The summed E-state index contributed by atoms with van der Waals surface area (Å²) in [7, 11) is 0. The number of carbonyl (C=O) groups excluding carboxylic acids is 2. The monoisotopic (exact) mass is 512 g/mol. The van der Waals surface area contributed by atoms with Gasteiger partial charge in [-0.15, -0.1) is 0 Å². The molecule has 1 aromatic rings. The summed E-state index contributed by atoms with van der Waals surface area (Å²) in [5, 5.41) is 28.7. The van der Waals surface area contributed by atoms with Crippen molar-refractivity contribution in [3.63, 3.8) is 0 Å². The molecule has 0 aromatic heterocycles. The average Bonchev–Trinajstić information content (AvgIpc) is 3.17. The molecule has 2 saturated carbocycles. The lowest BCUT2D eigenvalue weighted by atomic mass is 9.60. The summed E-state index contributed by atoms with van der Waals surface area (Å²) < 4.78 is 0. The fourth-order valence-electron chi connectivity index (χ4n) is 7.09. The summed E-state index contributed by atoms with van der Waals surface area (Å²) in [4.78, 5) is 49.6. The van der Waals surface area contributed by atoms with Crippen molar-refractivity contribution in [2.24, 2.45) is 23.7 Å². The molecule has 2 amide bonds. The number of aliphatic carboxylic acids is 2. The van der Waals surface area contributed by atoms with Crippen LogP contribution >= 0.6 is 0 Å². The number of hydrogen-bond acceptors (Lipinski definition) is 6. The van der Waals surface area contributed by atoms with Crippen molar-refractivity contribution in [2.45, 2.75) is 76.7 Å². The van der Waals surface area contributed by atoms with Gasteiger partial charge in [0.15, 0.2) is 0 Å². The number of nitrogens with zero attached hydrogens (tertiary/aromatic N) is 1. The maximum Gasteiger partial charge on any atom is 0.326 e. The van der Waals surface area contributed by atoms with E-state index in [0.29, 0.717) is 23.3 Å². The van der Waals surface area contributed by atoms with Crippen LogP contribution in [0.15, 0.2) is 18.2 Å². The Morgan fingerprint density at radius 2 is 1.95 bits per heavy atom. The van der Waals surface area contributed by atoms with Gasteiger partial charge in [0.25, 0.3) is 5.91 Å². The van der Waals surface area contributed by atoms with Gasteiger partial charge in [-0.1, -0.05) is 0 Å². The zero-order chi connectivity index (χ0) is 26.3. The number of carbonyl (C=O) groups is 4. The number of amides is 2. The molecule has 1 saturated heterocycles. The van der Waals surface area contributed by atoms with Crippen LogP contribution in [0.25, 0.3) is 0 Å². The maximum atomic E-state index is 12.9. The molecule has 4 aliphatic rings. The second-order valence-corrected chi connectivity index (χ2v) is 11.2. The lowest BCUT2D eigenvalue weighted by Crippen LogP contribution is -2.64. The molecule has 0 bridgehead atoms. The van der Waals surface area contributed by atoms with Gasteiger partial charge in [0, 0.05) is 36.8 Å². The summed E-state index contributed by atoms with van der Waals surface area (Å²) in [5.41, 5.74) is 2.08. The first-order valence-corrected chi connectivity index (χ1v) is 13.4. The molecule has 0 radical (unpaired) electrons. The van der Waals surface area contributed by atoms with Crippen LogP contribution in [0, 0.1) is 23.7 Å². The van der Waals surface area contributed by atoms with E-state index in [1.54, 1.807) is 6.07 Å². The normalized spacial score (nSPS) is 31.5. The van der Waals surface area contributed by atoms with E-state index in [1.807, 2.05) is 19.1 Å². The zero-order valence-electron chi connectivity index (χ0n) is 21.1. The molecule has 200 valence electrons. The lowest BCUT2D eigenvalue weighted by Gasteiger charge is -2.50. The molecule has 37 heavy (non-hydrogen) atoms. The summed E-state index contributed by atoms with van der Waals surface area (Å²) in [6, 6.07) is 4.55. The topological polar surface area (TPSA) is 148 Å². The third-order valence-electron chi connectivity index (χ3n) is 8.85. The van der Waals surface area contributed by atoms with Crippen molar-refractivity contribution in [1.29, 1.82) is 0 Å². The highest BCUT2D eigenvalue weighted by molar-refractivity contribution is 6.00. The molecule has 7 unspecified atom stereocenters. The molecule has 7 atom stereocenters. The molecule has 2 aliphatic heterocycles. The minimum Gasteiger partial charge on any atom is -0.481 e. The summed E-state index contributed by atoms with van der Waals surface area (Å²) in [5.74, 6) is -0.979. The maximum absolute atomic E-state index is 12.9. The van der Waals surface area contributed by atoms with Crippen molar-refractivity contribution in [3.05, 3.63) is 29.3 Å². The second kappa shape index (κ2) is 10.3. The number of hydrogen-bond donors (Lipinski definition) is 5. The van der Waals surface area contributed by atoms with Crippen LogP contribution in [-0.2, 0) is 20.9 Å². The van der Waals surface area contributed by atoms with Gasteiger partial charge in [0.05, 0.1) is 12.1 Å². The molecule has 10 heteroatoms. The van der Waals surface area contributed by atoms with E-state index in [-0.39, 0.29) is 49.3 Å². The third-order valence-corrected chi connectivity index (χ3v) is 8.85. The van der Waals surface area contributed by atoms with Crippen LogP contribution < -0.4 is 16.0 Å². The Balaban J connectivity index is 1.21. The minimum atomic E-state index is -1.20. The predicted octanol–water partition coefficient (Wildman–Crippen LogP) is 2.25. The SMILES string of the molecule is CC1NC(=O)C2C(CCC3CCC(CNc4ccc5c(c4)CN(C(CCC(=O)O)C(=O)O)C5=O)CC32)N1. The van der Waals surface area contributed by atoms with E-state index in [9.17, 15) is 24.3 Å². The summed E-state index contributed by atoms with van der Waals surface area (Å²) in [6.07, 6.45) is 5.11. The van der Waals surface area contributed by atoms with Crippen LogP contribution in [0.4, 0.5) is 5.69 Å². The van der Waals surface area contributed by atoms with Crippen LogP contribution in [0.2, 0.25) is 0 Å². The van der Waals surface area contributed by atoms with Crippen molar-refractivity contribution in [2.75, 3.05) is 11.9 Å². The fraction of sp³-hybridized carbons (Fsp3) is 0.630. The predicted molar refractivity (Wildman–Crippen MR) is 135 cm³/mol. The van der Waals surface area contributed by atoms with Crippen LogP contribution in [0.3, 0.4) is 0 Å². The molecule has 2 aliphatic carbocycles. The second-order valence-electron chi connectivity index (χ2n) is 11.2. The van der Waals surface area contributed by atoms with Gasteiger partial charge in [-0.2, -0.15) is 0 Å². The number of nitrogens with one attached hydrogen (secondary N) is 3. The van der Waals surface area contributed by atoms with Crippen LogP contribution in [0.1, 0.15) is 67.8 Å². The molecule has 10 nitrogen and oxygen atoms in total. The van der Waals surface area contributed by atoms with E-state index in [2.05, 4.69) is 16.0 Å². The first-order valence-electron chi connectivity index (χ1n) is 13.4. The Bertz CT molecular complexity index is 1090. The highest BCUT2D eigenvalue weighted by Crippen LogP contribution is 2.46. The quantitative estimate of drug-likeness (QED) is 0.356. The third kappa shape index (κ3) is 5.16. The molecule has 5 N–H and O–H groups in total. The molecular weight excluding hydrogens is 476 g/mol. The van der Waals surface area contributed by atoms with Gasteiger partial charge in [0.1, 0.15) is 6.04 Å². The zero-order valence-corrected chi connectivity index (χ0v) is 21.1. The van der Waals surface area contributed by atoms with Crippen LogP contribution in [0.5, 0.6) is 0 Å². The van der Waals surface area contributed by atoms with Gasteiger partial charge in [-0.3, -0.25) is 19.7 Å². The van der Waals surface area contributed by atoms with Gasteiger partial charge in [-0.05, 0) is 87.0 Å². The van der Waals surface area contributed by atoms with Gasteiger partial charge < -0.3 is 25.7 Å². The lowest BCUT2D eigenvalue weighted by molar-refractivity contribution is -0.143. The number of benzene rings is 1. The smallest absolute Gasteiger partial charge is 0.326 e. The average molecular weight is 513 g/mol. The summed E-state index contributed by atoms with van der Waals surface area (Å²) >= 11 is 0. The molecule has 3 fully saturated rings. The van der Waals surface area contributed by atoms with Crippen molar-refractivity contribution in [3.8, 4) is 0 Å². The number of anilines is 1. The molecule has 1 aromatic carbocycles. The highest BCUT2D eigenvalue weighted by atomic mass is 16.4. The number of carboxylic acid groups (broad SMARTS) is 2. The van der Waals surface area contributed by atoms with Gasteiger partial charge in [-0.25, -0.2) is 4.79 Å². The first kappa shape index (κ1) is 25.5. The standard InChI is InChI=1S/C27H36N4O6/c1-14-29-21-7-4-16-3-2-15(10-20(16)24(21)25(34)30-14)12-28-18-5-6-19-17(11-18)13-31(26(19)35)22(27(36)37)8-9-23(32)33/h5-6,11,14-16,20-22,24,28-29H,2-4,7-10,12-13H2,1H3,(H,30,34)(H,32,33)(H,36,37). The Labute approximate surface area is 216 Å². The number of carboxylic acids is 2. The Morgan fingerprint density at radius 3 is 2.70 bits per heavy atom. The highest BCUT2D eigenvalue weighted by Gasteiger charge is 2.48. The van der Waals surface area contributed by atoms with E-state index in [1.165, 1.54) is 11.3 Å². The molecule has 0 spiro atoms. The Hall–Kier alpha value is -3.14. The van der Waals surface area contributed by atoms with Gasteiger partial charge >= 0.3 is 11.9 Å². The van der Waals surface area contributed by atoms with Crippen molar-refractivity contribution < 1.29 is 29.4 Å². The number of fused-ring (bicyclic) bond motifs is 4. The Morgan fingerprint density at radius 1 is 1.16 bits per heavy atom. The molecule has 2 heterocycles. The fourth-order valence-corrected chi connectivity index (χ4v) is 7.09. The number of rotatable bonds is 8. The minimum absolute atomic E-state index is 0.0249. The largest absolute Gasteiger partial charge is 0.481 e. The summed E-state index contributed by atoms with van der Waals surface area (Å²) in [6.45, 7) is 2.92. The first-order chi connectivity index (χ1) is 17.7. The Kier molecular flexibility index (Phi) is 7.11. The molecule has 5 rings (SSSR count). The van der Waals surface area contributed by atoms with E-state index in [0.717, 1.165) is 43.5 Å².